The summed E-state index contributed by atoms with van der Waals surface area (Å²) in [7, 11) is -2.90. The van der Waals surface area contributed by atoms with Crippen LogP contribution in [0.2, 0.25) is 0 Å². The molecular weight excluding hydrogens is 296 g/mol. The third kappa shape index (κ3) is 2.89. The highest BCUT2D eigenvalue weighted by atomic mass is 32.2. The van der Waals surface area contributed by atoms with Crippen molar-refractivity contribution >= 4 is 15.8 Å². The van der Waals surface area contributed by atoms with Gasteiger partial charge in [-0.3, -0.25) is 5.10 Å². The number of aromatic amines is 1. The van der Waals surface area contributed by atoms with Gasteiger partial charge in [-0.25, -0.2) is 13.2 Å². The topological polar surface area (TPSA) is 109 Å². The Bertz CT molecular complexity index is 767. The lowest BCUT2D eigenvalue weighted by Crippen LogP contribution is -2.45. The number of hydrogen-bond donors (Lipinski definition) is 2. The normalized spacial score (nSPS) is 17.1. The summed E-state index contributed by atoms with van der Waals surface area (Å²) < 4.78 is 27.6. The van der Waals surface area contributed by atoms with Crippen molar-refractivity contribution in [1.82, 2.24) is 10.2 Å². The maximum atomic E-state index is 11.0. The van der Waals surface area contributed by atoms with Gasteiger partial charge in [0.1, 0.15) is 17.5 Å². The number of rotatable bonds is 4. The van der Waals surface area contributed by atoms with Gasteiger partial charge in [0.25, 0.3) is 0 Å². The molecular formula is C13H12N2O5S. The highest BCUT2D eigenvalue weighted by Crippen LogP contribution is 2.24. The Hall–Kier alpha value is -2.35. The third-order valence-corrected chi connectivity index (χ3v) is 4.90. The molecule has 0 radical (unpaired) electrons. The molecule has 1 aromatic carbocycles. The number of aromatic nitrogens is 2. The molecule has 0 amide bonds. The molecule has 1 aromatic heterocycles. The van der Waals surface area contributed by atoms with E-state index >= 15 is 0 Å². The van der Waals surface area contributed by atoms with Crippen LogP contribution in [-0.2, 0) is 9.84 Å². The number of nitrogens with zero attached hydrogens (tertiary/aromatic N) is 1. The third-order valence-electron chi connectivity index (χ3n) is 3.14. The number of sulfone groups is 1. The standard InChI is InChI=1S/C13H12N2O5S/c16-13(17)12-5-11(14-15-12)8-1-3-9(4-2-8)20-10-6-21(18,19)7-10/h1-5,10H,6-7H2,(H,14,15)(H,16,17). The molecule has 0 aliphatic carbocycles. The predicted molar refractivity (Wildman–Crippen MR) is 74.1 cm³/mol. The molecule has 2 aromatic rings. The number of hydrogen-bond acceptors (Lipinski definition) is 5. The van der Waals surface area contributed by atoms with E-state index in [1.807, 2.05) is 0 Å². The molecule has 0 unspecified atom stereocenters. The summed E-state index contributed by atoms with van der Waals surface area (Å²) in [6, 6.07) is 8.33. The van der Waals surface area contributed by atoms with E-state index in [1.165, 1.54) is 6.07 Å². The average Bonchev–Trinajstić information content (AvgIpc) is 2.87. The van der Waals surface area contributed by atoms with Gasteiger partial charge in [0.2, 0.25) is 0 Å². The van der Waals surface area contributed by atoms with E-state index in [-0.39, 0.29) is 23.3 Å². The smallest absolute Gasteiger partial charge is 0.353 e. The van der Waals surface area contributed by atoms with E-state index in [9.17, 15) is 13.2 Å². The lowest BCUT2D eigenvalue weighted by atomic mass is 10.1. The first-order valence-electron chi connectivity index (χ1n) is 6.19. The van der Waals surface area contributed by atoms with Gasteiger partial charge in [-0.1, -0.05) is 0 Å². The van der Waals surface area contributed by atoms with Gasteiger partial charge in [-0.15, -0.1) is 0 Å². The van der Waals surface area contributed by atoms with Crippen molar-refractivity contribution in [3.63, 3.8) is 0 Å². The summed E-state index contributed by atoms with van der Waals surface area (Å²) in [4.78, 5) is 10.8. The van der Waals surface area contributed by atoms with Gasteiger partial charge in [0.15, 0.2) is 9.84 Å². The molecule has 0 saturated carbocycles. The molecule has 0 atom stereocenters. The van der Waals surface area contributed by atoms with Crippen LogP contribution in [-0.4, -0.2) is 47.3 Å². The number of carboxylic acids is 1. The van der Waals surface area contributed by atoms with E-state index in [0.717, 1.165) is 5.56 Å². The predicted octanol–water partition coefficient (Wildman–Crippen LogP) is 0.951. The number of H-pyrrole nitrogens is 1. The summed E-state index contributed by atoms with van der Waals surface area (Å²) in [5.74, 6) is -0.390. The molecule has 7 nitrogen and oxygen atoms in total. The summed E-state index contributed by atoms with van der Waals surface area (Å²) in [6.45, 7) is 0. The van der Waals surface area contributed by atoms with Crippen molar-refractivity contribution in [2.75, 3.05) is 11.5 Å². The Morgan fingerprint density at radius 3 is 2.48 bits per heavy atom. The van der Waals surface area contributed by atoms with Crippen LogP contribution in [0.3, 0.4) is 0 Å². The van der Waals surface area contributed by atoms with Crippen LogP contribution >= 0.6 is 0 Å². The minimum absolute atomic E-state index is 0.0185. The summed E-state index contributed by atoms with van der Waals surface area (Å²) >= 11 is 0. The quantitative estimate of drug-likeness (QED) is 0.870. The maximum absolute atomic E-state index is 11.0. The van der Waals surface area contributed by atoms with Crippen molar-refractivity contribution in [2.45, 2.75) is 6.10 Å². The van der Waals surface area contributed by atoms with Gasteiger partial charge in [0, 0.05) is 5.56 Å². The van der Waals surface area contributed by atoms with Gasteiger partial charge in [-0.05, 0) is 30.3 Å². The Kier molecular flexibility index (Phi) is 3.17. The molecule has 0 bridgehead atoms. The first-order valence-corrected chi connectivity index (χ1v) is 8.01. The Morgan fingerprint density at radius 2 is 1.95 bits per heavy atom. The molecule has 1 saturated heterocycles. The van der Waals surface area contributed by atoms with Gasteiger partial charge in [0.05, 0.1) is 17.2 Å². The molecule has 1 fully saturated rings. The minimum atomic E-state index is -2.90. The summed E-state index contributed by atoms with van der Waals surface area (Å²) in [6.07, 6.45) is -0.287. The zero-order chi connectivity index (χ0) is 15.0. The van der Waals surface area contributed by atoms with Crippen molar-refractivity contribution in [3.8, 4) is 17.0 Å². The van der Waals surface area contributed by atoms with Crippen LogP contribution in [0.5, 0.6) is 5.75 Å². The van der Waals surface area contributed by atoms with Crippen LogP contribution in [0.15, 0.2) is 30.3 Å². The molecule has 21 heavy (non-hydrogen) atoms. The van der Waals surface area contributed by atoms with Gasteiger partial charge in [-0.2, -0.15) is 5.10 Å². The zero-order valence-corrected chi connectivity index (χ0v) is 11.6. The maximum Gasteiger partial charge on any atom is 0.353 e. The average molecular weight is 308 g/mol. The van der Waals surface area contributed by atoms with Crippen molar-refractivity contribution < 1.29 is 23.1 Å². The molecule has 3 rings (SSSR count). The molecule has 2 N–H and O–H groups in total. The number of benzene rings is 1. The van der Waals surface area contributed by atoms with E-state index in [0.29, 0.717) is 11.4 Å². The fourth-order valence-electron chi connectivity index (χ4n) is 2.06. The monoisotopic (exact) mass is 308 g/mol. The lowest BCUT2D eigenvalue weighted by Gasteiger charge is -2.26. The first kappa shape index (κ1) is 13.6. The largest absolute Gasteiger partial charge is 0.488 e. The van der Waals surface area contributed by atoms with E-state index < -0.39 is 15.8 Å². The molecule has 1 aliphatic heterocycles. The molecule has 2 heterocycles. The van der Waals surface area contributed by atoms with Crippen molar-refractivity contribution in [1.29, 1.82) is 0 Å². The number of ether oxygens (including phenoxy) is 1. The Balaban J connectivity index is 1.70. The number of nitrogens with one attached hydrogen (secondary N) is 1. The second-order valence-electron chi connectivity index (χ2n) is 4.81. The summed E-state index contributed by atoms with van der Waals surface area (Å²) in [5.41, 5.74) is 1.28. The second kappa shape index (κ2) is 4.88. The Labute approximate surface area is 120 Å². The number of aromatic carboxylic acids is 1. The molecule has 0 spiro atoms. The SMILES string of the molecule is O=C(O)c1cc(-c2ccc(OC3CS(=O)(=O)C3)cc2)n[nH]1. The van der Waals surface area contributed by atoms with Crippen molar-refractivity contribution in [3.05, 3.63) is 36.0 Å². The van der Waals surface area contributed by atoms with Crippen LogP contribution in [0.1, 0.15) is 10.5 Å². The van der Waals surface area contributed by atoms with Crippen molar-refractivity contribution in [2.24, 2.45) is 0 Å². The van der Waals surface area contributed by atoms with Gasteiger partial charge < -0.3 is 9.84 Å². The number of carbonyl (C=O) groups is 1. The zero-order valence-electron chi connectivity index (χ0n) is 10.8. The van der Waals surface area contributed by atoms with Gasteiger partial charge >= 0.3 is 5.97 Å². The van der Waals surface area contributed by atoms with Crippen LogP contribution in [0.25, 0.3) is 11.3 Å². The van der Waals surface area contributed by atoms with Crippen LogP contribution in [0, 0.1) is 0 Å². The highest BCUT2D eigenvalue weighted by Gasteiger charge is 2.35. The van der Waals surface area contributed by atoms with Crippen LogP contribution < -0.4 is 4.74 Å². The molecule has 110 valence electrons. The van der Waals surface area contributed by atoms with E-state index in [4.69, 9.17) is 9.84 Å². The molecule has 8 heteroatoms. The fourth-order valence-corrected chi connectivity index (χ4v) is 3.23. The van der Waals surface area contributed by atoms with E-state index in [1.54, 1.807) is 24.3 Å². The highest BCUT2D eigenvalue weighted by molar-refractivity contribution is 7.92. The summed E-state index contributed by atoms with van der Waals surface area (Å²) in [5, 5.41) is 15.2. The Morgan fingerprint density at radius 1 is 1.29 bits per heavy atom. The second-order valence-corrected chi connectivity index (χ2v) is 6.97. The minimum Gasteiger partial charge on any atom is -0.488 e. The fraction of sp³-hybridized carbons (Fsp3) is 0.231. The molecule has 1 aliphatic rings. The first-order chi connectivity index (χ1) is 9.93. The lowest BCUT2D eigenvalue weighted by molar-refractivity contribution is 0.0690. The van der Waals surface area contributed by atoms with Crippen LogP contribution in [0.4, 0.5) is 0 Å². The van der Waals surface area contributed by atoms with E-state index in [2.05, 4.69) is 10.2 Å². The number of carboxylic acid groups (broad SMARTS) is 1.